The van der Waals surface area contributed by atoms with E-state index in [0.29, 0.717) is 45.7 Å². The molecule has 4 aromatic rings. The molecule has 1 amide bonds. The van der Waals surface area contributed by atoms with Gasteiger partial charge in [-0.15, -0.1) is 0 Å². The summed E-state index contributed by atoms with van der Waals surface area (Å²) in [5, 5.41) is 10.2. The fourth-order valence-corrected chi connectivity index (χ4v) is 3.98. The summed E-state index contributed by atoms with van der Waals surface area (Å²) in [4.78, 5) is 16.3. The normalized spacial score (nSPS) is 18.1. The number of alkyl halides is 1. The molecule has 31 heavy (non-hydrogen) atoms. The van der Waals surface area contributed by atoms with Crippen LogP contribution in [0.2, 0.25) is 5.02 Å². The lowest BCUT2D eigenvalue weighted by Gasteiger charge is -2.12. The molecule has 3 heterocycles. The molecule has 3 aromatic heterocycles. The van der Waals surface area contributed by atoms with E-state index in [0.717, 1.165) is 0 Å². The van der Waals surface area contributed by atoms with Crippen molar-refractivity contribution in [2.75, 3.05) is 11.9 Å². The Balaban J connectivity index is 1.55. The molecule has 0 spiro atoms. The molecular formula is C21H18ClF2N5O2. The van der Waals surface area contributed by atoms with Crippen LogP contribution in [0.1, 0.15) is 18.9 Å². The van der Waals surface area contributed by atoms with Crippen LogP contribution in [0.15, 0.2) is 30.7 Å². The average molecular weight is 446 g/mol. The quantitative estimate of drug-likeness (QED) is 0.457. The number of carbonyl (C=O) groups is 1. The number of amides is 1. The average Bonchev–Trinajstić information content (AvgIpc) is 3.12. The van der Waals surface area contributed by atoms with Gasteiger partial charge in [-0.2, -0.15) is 5.10 Å². The van der Waals surface area contributed by atoms with Gasteiger partial charge in [0.25, 0.3) is 0 Å². The minimum Gasteiger partial charge on any atom is -0.377 e. The first kappa shape index (κ1) is 19.9. The number of carbonyl (C=O) groups excluding carboxylic acids is 1. The van der Waals surface area contributed by atoms with Gasteiger partial charge in [0.1, 0.15) is 17.6 Å². The number of hydrogen-bond donors (Lipinski definition) is 2. The number of aromatic nitrogens is 4. The predicted molar refractivity (Wildman–Crippen MR) is 112 cm³/mol. The zero-order valence-corrected chi connectivity index (χ0v) is 17.2. The molecule has 0 radical (unpaired) electrons. The topological polar surface area (TPSA) is 84.3 Å². The van der Waals surface area contributed by atoms with Crippen LogP contribution in [0.5, 0.6) is 0 Å². The maximum Gasteiger partial charge on any atom is 0.231 e. The molecule has 0 bridgehead atoms. The Morgan fingerprint density at radius 2 is 2.23 bits per heavy atom. The van der Waals surface area contributed by atoms with Crippen molar-refractivity contribution in [2.24, 2.45) is 5.92 Å². The number of rotatable bonds is 6. The van der Waals surface area contributed by atoms with Gasteiger partial charge in [0.15, 0.2) is 5.82 Å². The zero-order valence-electron chi connectivity index (χ0n) is 16.5. The van der Waals surface area contributed by atoms with Crippen LogP contribution in [0.3, 0.4) is 0 Å². The van der Waals surface area contributed by atoms with E-state index in [1.54, 1.807) is 35.1 Å². The third-order valence-corrected chi connectivity index (χ3v) is 5.73. The van der Waals surface area contributed by atoms with Gasteiger partial charge in [-0.25, -0.2) is 13.8 Å². The number of nitrogens with one attached hydrogen (secondary N) is 2. The second kappa shape index (κ2) is 7.58. The minimum atomic E-state index is -1.08. The summed E-state index contributed by atoms with van der Waals surface area (Å²) >= 11 is 6.44. The van der Waals surface area contributed by atoms with Crippen molar-refractivity contribution in [3.63, 3.8) is 0 Å². The molecule has 2 N–H and O–H groups in total. The van der Waals surface area contributed by atoms with Crippen LogP contribution in [-0.4, -0.2) is 38.3 Å². The van der Waals surface area contributed by atoms with Gasteiger partial charge >= 0.3 is 0 Å². The summed E-state index contributed by atoms with van der Waals surface area (Å²) in [6.45, 7) is 2.35. The number of fused-ring (bicyclic) bond motifs is 2. The summed E-state index contributed by atoms with van der Waals surface area (Å²) in [5.41, 5.74) is 2.55. The number of aromatic amines is 1. The number of nitrogens with zero attached hydrogens (tertiary/aromatic N) is 3. The van der Waals surface area contributed by atoms with Crippen LogP contribution in [0.4, 0.5) is 14.6 Å². The Morgan fingerprint density at radius 1 is 1.42 bits per heavy atom. The van der Waals surface area contributed by atoms with Crippen LogP contribution in [-0.2, 0) is 16.1 Å². The van der Waals surface area contributed by atoms with Gasteiger partial charge in [-0.1, -0.05) is 11.6 Å². The molecule has 10 heteroatoms. The third kappa shape index (κ3) is 3.43. The van der Waals surface area contributed by atoms with E-state index in [1.165, 1.54) is 0 Å². The molecule has 2 atom stereocenters. The maximum absolute atomic E-state index is 15.1. The monoisotopic (exact) mass is 445 g/mol. The molecule has 5 rings (SSSR count). The maximum atomic E-state index is 15.1. The smallest absolute Gasteiger partial charge is 0.231 e. The second-order valence-electron chi connectivity index (χ2n) is 7.43. The molecular weight excluding hydrogens is 428 g/mol. The third-order valence-electron chi connectivity index (χ3n) is 5.38. The molecule has 0 aliphatic heterocycles. The molecule has 1 fully saturated rings. The Kier molecular flexibility index (Phi) is 4.86. The number of ether oxygens (including phenoxy) is 1. The van der Waals surface area contributed by atoms with Gasteiger partial charge < -0.3 is 14.5 Å². The van der Waals surface area contributed by atoms with Crippen LogP contribution < -0.4 is 5.32 Å². The van der Waals surface area contributed by atoms with Crippen molar-refractivity contribution in [3.05, 3.63) is 47.1 Å². The van der Waals surface area contributed by atoms with E-state index in [2.05, 4.69) is 20.5 Å². The number of anilines is 1. The fraction of sp³-hybridized carbons (Fsp3) is 0.286. The first-order chi connectivity index (χ1) is 15.0. The summed E-state index contributed by atoms with van der Waals surface area (Å²) < 4.78 is 35.3. The molecule has 1 saturated carbocycles. The molecule has 1 aliphatic carbocycles. The van der Waals surface area contributed by atoms with Crippen molar-refractivity contribution in [2.45, 2.75) is 26.1 Å². The van der Waals surface area contributed by atoms with E-state index in [9.17, 15) is 9.18 Å². The van der Waals surface area contributed by atoms with Gasteiger partial charge in [0.2, 0.25) is 5.91 Å². The molecule has 0 unspecified atom stereocenters. The highest BCUT2D eigenvalue weighted by molar-refractivity contribution is 6.35. The summed E-state index contributed by atoms with van der Waals surface area (Å²) in [7, 11) is 0. The van der Waals surface area contributed by atoms with E-state index in [-0.39, 0.29) is 24.0 Å². The van der Waals surface area contributed by atoms with E-state index >= 15 is 4.39 Å². The van der Waals surface area contributed by atoms with Gasteiger partial charge in [-0.3, -0.25) is 9.89 Å². The number of halogens is 3. The standard InChI is InChI=1S/C21H18ClF2N5O2/c1-2-31-9-13-19(24)18(22)17(12-6-25-28-20(12)13)10-3-4-16-26-15(8-29(16)7-10)27-21(30)11-5-14(11)23/h3-4,6-8,11,14H,2,5,9H2,1H3,(H,25,28)(H,27,30)/t11-,14+/m1/s1. The summed E-state index contributed by atoms with van der Waals surface area (Å²) in [6.07, 6.45) is 4.12. The van der Waals surface area contributed by atoms with Crippen molar-refractivity contribution in [3.8, 4) is 11.1 Å². The Morgan fingerprint density at radius 3 is 2.97 bits per heavy atom. The lowest BCUT2D eigenvalue weighted by molar-refractivity contribution is -0.117. The lowest BCUT2D eigenvalue weighted by atomic mass is 10.00. The van der Waals surface area contributed by atoms with Crippen molar-refractivity contribution < 1.29 is 18.3 Å². The van der Waals surface area contributed by atoms with Crippen LogP contribution in [0.25, 0.3) is 27.7 Å². The largest absolute Gasteiger partial charge is 0.377 e. The SMILES string of the molecule is CCOCc1c(F)c(Cl)c(-c2ccc3nc(NC(=O)[C@@H]4C[C@@H]4F)cn3c2)c2cn[nH]c12. The number of benzene rings is 1. The first-order valence-electron chi connectivity index (χ1n) is 9.82. The molecule has 1 aliphatic rings. The highest BCUT2D eigenvalue weighted by atomic mass is 35.5. The van der Waals surface area contributed by atoms with Crippen LogP contribution >= 0.6 is 11.6 Å². The molecule has 0 saturated heterocycles. The van der Waals surface area contributed by atoms with Crippen LogP contribution in [0, 0.1) is 11.7 Å². The van der Waals surface area contributed by atoms with E-state index in [1.807, 2.05) is 6.92 Å². The van der Waals surface area contributed by atoms with Gasteiger partial charge in [-0.05, 0) is 25.5 Å². The highest BCUT2D eigenvalue weighted by Gasteiger charge is 2.43. The van der Waals surface area contributed by atoms with E-state index in [4.69, 9.17) is 16.3 Å². The van der Waals surface area contributed by atoms with Gasteiger partial charge in [0, 0.05) is 34.9 Å². The molecule has 1 aromatic carbocycles. The molecule has 7 nitrogen and oxygen atoms in total. The summed E-state index contributed by atoms with van der Waals surface area (Å²) in [6, 6.07) is 3.50. The van der Waals surface area contributed by atoms with E-state index < -0.39 is 17.9 Å². The number of imidazole rings is 1. The minimum absolute atomic E-state index is 0.0284. The lowest BCUT2D eigenvalue weighted by Crippen LogP contribution is -2.15. The predicted octanol–water partition coefficient (Wildman–Crippen LogP) is 4.50. The molecule has 160 valence electrons. The Hall–Kier alpha value is -3.04. The number of hydrogen-bond acceptors (Lipinski definition) is 4. The second-order valence-corrected chi connectivity index (χ2v) is 7.81. The van der Waals surface area contributed by atoms with Gasteiger partial charge in [0.05, 0.1) is 35.5 Å². The van der Waals surface area contributed by atoms with Crippen molar-refractivity contribution in [1.29, 1.82) is 0 Å². The van der Waals surface area contributed by atoms with Crippen molar-refractivity contribution in [1.82, 2.24) is 19.6 Å². The number of pyridine rings is 1. The highest BCUT2D eigenvalue weighted by Crippen LogP contribution is 2.39. The summed E-state index contributed by atoms with van der Waals surface area (Å²) in [5.74, 6) is -1.23. The van der Waals surface area contributed by atoms with Crippen molar-refractivity contribution >= 4 is 39.9 Å². The first-order valence-corrected chi connectivity index (χ1v) is 10.2. The Labute approximate surface area is 180 Å². The zero-order chi connectivity index (χ0) is 21.7. The Bertz CT molecular complexity index is 1320. The fourth-order valence-electron chi connectivity index (χ4n) is 3.65. The number of H-pyrrole nitrogens is 1.